The average Bonchev–Trinajstić information content (AvgIpc) is 2.27. The number of hydrogen-bond acceptors (Lipinski definition) is 3. The Kier molecular flexibility index (Phi) is 1.39. The summed E-state index contributed by atoms with van der Waals surface area (Å²) < 4.78 is 1.63. The second-order valence-corrected chi connectivity index (χ2v) is 2.82. The summed E-state index contributed by atoms with van der Waals surface area (Å²) in [5.41, 5.74) is -0.233. The minimum absolute atomic E-state index is 0.328. The summed E-state index contributed by atoms with van der Waals surface area (Å²) in [5.74, 6) is 0.683. The van der Waals surface area contributed by atoms with E-state index < -0.39 is 11.2 Å². The first-order valence-electron chi connectivity index (χ1n) is 3.75. The van der Waals surface area contributed by atoms with Crippen LogP contribution in [-0.2, 0) is 7.05 Å². The maximum atomic E-state index is 11.3. The van der Waals surface area contributed by atoms with Crippen molar-refractivity contribution >= 4 is 11.2 Å². The molecule has 2 rings (SSSR count). The van der Waals surface area contributed by atoms with Crippen molar-refractivity contribution in [2.45, 2.75) is 6.92 Å². The fraction of sp³-hybridized carbons (Fsp3) is 0.286. The molecule has 0 aliphatic rings. The number of aromatic nitrogens is 4. The molecule has 0 spiro atoms. The van der Waals surface area contributed by atoms with E-state index in [1.165, 1.54) is 0 Å². The Labute approximate surface area is 72.2 Å². The molecule has 2 N–H and O–H groups in total. The Hall–Kier alpha value is -1.85. The van der Waals surface area contributed by atoms with Crippen molar-refractivity contribution in [2.75, 3.05) is 0 Å². The van der Waals surface area contributed by atoms with Crippen LogP contribution in [0.1, 0.15) is 5.82 Å². The number of aryl methyl sites for hydroxylation is 2. The molecule has 6 heteroatoms. The molecule has 13 heavy (non-hydrogen) atoms. The molecular weight excluding hydrogens is 172 g/mol. The standard InChI is InChI=1S/C7H8N4O2/c1-3-8-5-4(11(3)2)6(12)10-7(13)9-5/h1-2H3,(H2,9,10,12,13). The van der Waals surface area contributed by atoms with Gasteiger partial charge in [0.1, 0.15) is 5.82 Å². The Morgan fingerprint density at radius 1 is 1.31 bits per heavy atom. The highest BCUT2D eigenvalue weighted by Crippen LogP contribution is 2.03. The van der Waals surface area contributed by atoms with E-state index in [0.29, 0.717) is 17.0 Å². The lowest BCUT2D eigenvalue weighted by Gasteiger charge is -1.92. The second-order valence-electron chi connectivity index (χ2n) is 2.82. The molecule has 0 saturated carbocycles. The van der Waals surface area contributed by atoms with Gasteiger partial charge in [0.05, 0.1) is 0 Å². The van der Waals surface area contributed by atoms with Gasteiger partial charge in [-0.2, -0.15) is 0 Å². The quantitative estimate of drug-likeness (QED) is 0.560. The summed E-state index contributed by atoms with van der Waals surface area (Å²) in [6.07, 6.45) is 0. The first kappa shape index (κ1) is 7.78. The largest absolute Gasteiger partial charge is 0.327 e. The molecule has 0 atom stereocenters. The van der Waals surface area contributed by atoms with E-state index in [9.17, 15) is 9.59 Å². The topological polar surface area (TPSA) is 83.5 Å². The molecule has 0 aromatic carbocycles. The summed E-state index contributed by atoms with van der Waals surface area (Å²) in [7, 11) is 1.72. The second kappa shape index (κ2) is 2.32. The monoisotopic (exact) mass is 180 g/mol. The third kappa shape index (κ3) is 0.986. The van der Waals surface area contributed by atoms with Crippen molar-refractivity contribution in [1.82, 2.24) is 19.5 Å². The molecule has 0 unspecified atom stereocenters. The molecule has 0 aliphatic heterocycles. The van der Waals surface area contributed by atoms with Gasteiger partial charge in [0.15, 0.2) is 11.2 Å². The van der Waals surface area contributed by atoms with E-state index in [1.807, 2.05) is 0 Å². The number of imidazole rings is 1. The number of nitrogens with one attached hydrogen (secondary N) is 2. The number of aromatic amines is 2. The van der Waals surface area contributed by atoms with Crippen LogP contribution < -0.4 is 11.2 Å². The fourth-order valence-electron chi connectivity index (χ4n) is 1.26. The summed E-state index contributed by atoms with van der Waals surface area (Å²) >= 11 is 0. The van der Waals surface area contributed by atoms with E-state index in [0.717, 1.165) is 0 Å². The van der Waals surface area contributed by atoms with Gasteiger partial charge in [-0.05, 0) is 6.92 Å². The molecule has 2 aromatic rings. The average molecular weight is 180 g/mol. The maximum absolute atomic E-state index is 11.3. The summed E-state index contributed by atoms with van der Waals surface area (Å²) in [6.45, 7) is 1.76. The highest BCUT2D eigenvalue weighted by molar-refractivity contribution is 5.69. The minimum Gasteiger partial charge on any atom is -0.326 e. The van der Waals surface area contributed by atoms with E-state index in [4.69, 9.17) is 0 Å². The maximum Gasteiger partial charge on any atom is 0.327 e. The molecule has 0 aliphatic carbocycles. The molecule has 0 fully saturated rings. The van der Waals surface area contributed by atoms with Crippen molar-refractivity contribution in [1.29, 1.82) is 0 Å². The zero-order valence-corrected chi connectivity index (χ0v) is 7.21. The number of nitrogens with zero attached hydrogens (tertiary/aromatic N) is 2. The molecule has 68 valence electrons. The summed E-state index contributed by atoms with van der Waals surface area (Å²) in [4.78, 5) is 30.8. The Morgan fingerprint density at radius 3 is 2.69 bits per heavy atom. The Morgan fingerprint density at radius 2 is 2.00 bits per heavy atom. The van der Waals surface area contributed by atoms with Crippen molar-refractivity contribution < 1.29 is 0 Å². The smallest absolute Gasteiger partial charge is 0.326 e. The fourth-order valence-corrected chi connectivity index (χ4v) is 1.26. The third-order valence-electron chi connectivity index (χ3n) is 1.99. The number of rotatable bonds is 0. The van der Waals surface area contributed by atoms with E-state index in [2.05, 4.69) is 15.0 Å². The lowest BCUT2D eigenvalue weighted by Crippen LogP contribution is -2.22. The van der Waals surface area contributed by atoms with E-state index in [1.54, 1.807) is 18.5 Å². The normalized spacial score (nSPS) is 10.9. The van der Waals surface area contributed by atoms with Gasteiger partial charge < -0.3 is 4.57 Å². The Bertz CT molecular complexity index is 574. The highest BCUT2D eigenvalue weighted by Gasteiger charge is 2.08. The van der Waals surface area contributed by atoms with E-state index in [-0.39, 0.29) is 0 Å². The van der Waals surface area contributed by atoms with Gasteiger partial charge in [-0.3, -0.25) is 14.8 Å². The van der Waals surface area contributed by atoms with Crippen LogP contribution in [-0.4, -0.2) is 19.5 Å². The lowest BCUT2D eigenvalue weighted by atomic mass is 10.5. The predicted octanol–water partition coefficient (Wildman–Crippen LogP) is -0.742. The molecule has 0 amide bonds. The van der Waals surface area contributed by atoms with Crippen LogP contribution in [0, 0.1) is 6.92 Å². The summed E-state index contributed by atoms with van der Waals surface area (Å²) in [6, 6.07) is 0. The van der Waals surface area contributed by atoms with Crippen LogP contribution in [0.2, 0.25) is 0 Å². The Balaban J connectivity index is 3.12. The van der Waals surface area contributed by atoms with Gasteiger partial charge in [0, 0.05) is 7.05 Å². The van der Waals surface area contributed by atoms with Crippen LogP contribution in [0.15, 0.2) is 9.59 Å². The molecule has 2 heterocycles. The van der Waals surface area contributed by atoms with Crippen molar-refractivity contribution in [3.63, 3.8) is 0 Å². The zero-order chi connectivity index (χ0) is 9.59. The first-order chi connectivity index (χ1) is 6.09. The first-order valence-corrected chi connectivity index (χ1v) is 3.75. The van der Waals surface area contributed by atoms with Crippen LogP contribution in [0.5, 0.6) is 0 Å². The molecular formula is C7H8N4O2. The number of hydrogen-bond donors (Lipinski definition) is 2. The van der Waals surface area contributed by atoms with Crippen LogP contribution in [0.25, 0.3) is 11.2 Å². The molecule has 6 nitrogen and oxygen atoms in total. The summed E-state index contributed by atoms with van der Waals surface area (Å²) in [5, 5.41) is 0. The van der Waals surface area contributed by atoms with Crippen LogP contribution in [0.3, 0.4) is 0 Å². The van der Waals surface area contributed by atoms with Gasteiger partial charge in [-0.1, -0.05) is 0 Å². The highest BCUT2D eigenvalue weighted by atomic mass is 16.2. The zero-order valence-electron chi connectivity index (χ0n) is 7.21. The molecule has 2 aromatic heterocycles. The molecule has 0 saturated heterocycles. The molecule has 0 bridgehead atoms. The van der Waals surface area contributed by atoms with Gasteiger partial charge in [-0.15, -0.1) is 0 Å². The van der Waals surface area contributed by atoms with E-state index >= 15 is 0 Å². The van der Waals surface area contributed by atoms with Gasteiger partial charge >= 0.3 is 5.69 Å². The lowest BCUT2D eigenvalue weighted by molar-refractivity contribution is 0.879. The van der Waals surface area contributed by atoms with Crippen molar-refractivity contribution in [2.24, 2.45) is 7.05 Å². The SMILES string of the molecule is Cc1nc2[nH]c(=O)[nH]c(=O)c2n1C. The van der Waals surface area contributed by atoms with Crippen LogP contribution in [0.4, 0.5) is 0 Å². The predicted molar refractivity (Wildman–Crippen MR) is 46.7 cm³/mol. The van der Waals surface area contributed by atoms with Crippen molar-refractivity contribution in [3.8, 4) is 0 Å². The number of fused-ring (bicyclic) bond motifs is 1. The van der Waals surface area contributed by atoms with Crippen LogP contribution >= 0.6 is 0 Å². The minimum atomic E-state index is -0.532. The number of H-pyrrole nitrogens is 2. The third-order valence-corrected chi connectivity index (χ3v) is 1.99. The van der Waals surface area contributed by atoms with Gasteiger partial charge in [-0.25, -0.2) is 9.78 Å². The molecule has 0 radical (unpaired) electrons. The van der Waals surface area contributed by atoms with Crippen molar-refractivity contribution in [3.05, 3.63) is 26.7 Å². The van der Waals surface area contributed by atoms with Gasteiger partial charge in [0.2, 0.25) is 0 Å². The van der Waals surface area contributed by atoms with Gasteiger partial charge in [0.25, 0.3) is 5.56 Å².